The van der Waals surface area contributed by atoms with Gasteiger partial charge in [0.15, 0.2) is 0 Å². The maximum absolute atomic E-state index is 11.7. The number of fused-ring (bicyclic) bond motifs is 1. The fourth-order valence-electron chi connectivity index (χ4n) is 2.73. The Morgan fingerprint density at radius 2 is 2.00 bits per heavy atom. The van der Waals surface area contributed by atoms with Crippen LogP contribution in [-0.4, -0.2) is 38.5 Å². The Kier molecular flexibility index (Phi) is 5.13. The number of hydrogen-bond acceptors (Lipinski definition) is 5. The largest absolute Gasteiger partial charge is 0.357 e. The van der Waals surface area contributed by atoms with Gasteiger partial charge in [-0.3, -0.25) is 9.36 Å². The molecule has 3 rings (SSSR count). The van der Waals surface area contributed by atoms with Gasteiger partial charge in [-0.05, 0) is 44.9 Å². The van der Waals surface area contributed by atoms with E-state index >= 15 is 0 Å². The number of aromatic nitrogens is 4. The molecule has 0 spiro atoms. The van der Waals surface area contributed by atoms with Crippen LogP contribution in [0.5, 0.6) is 0 Å². The topological polar surface area (TPSA) is 75.9 Å². The molecule has 26 heavy (non-hydrogen) atoms. The number of hydrogen-bond donors (Lipinski definition) is 1. The van der Waals surface area contributed by atoms with Gasteiger partial charge in [-0.25, -0.2) is 15.0 Å². The summed E-state index contributed by atoms with van der Waals surface area (Å²) < 4.78 is 1.88. The minimum atomic E-state index is -0.344. The molecule has 0 radical (unpaired) electrons. The number of amides is 1. The summed E-state index contributed by atoms with van der Waals surface area (Å²) in [6.07, 6.45) is 3.27. The Labute approximate surface area is 152 Å². The molecular formula is C19H20N6O. The van der Waals surface area contributed by atoms with E-state index in [1.165, 1.54) is 0 Å². The van der Waals surface area contributed by atoms with Crippen LogP contribution in [0.3, 0.4) is 0 Å². The second-order valence-corrected chi connectivity index (χ2v) is 5.55. The molecule has 132 valence electrons. The second kappa shape index (κ2) is 7.66. The molecule has 2 aromatic heterocycles. The predicted octanol–water partition coefficient (Wildman–Crippen LogP) is 2.62. The van der Waals surface area contributed by atoms with E-state index in [1.807, 2.05) is 22.8 Å². The van der Waals surface area contributed by atoms with E-state index < -0.39 is 0 Å². The summed E-state index contributed by atoms with van der Waals surface area (Å²) in [5, 5.41) is 2.76. The van der Waals surface area contributed by atoms with Crippen LogP contribution in [0.1, 0.15) is 20.8 Å². The predicted molar refractivity (Wildman–Crippen MR) is 102 cm³/mol. The molecule has 1 N–H and O–H groups in total. The second-order valence-electron chi connectivity index (χ2n) is 5.55. The van der Waals surface area contributed by atoms with Gasteiger partial charge in [0.05, 0.1) is 11.0 Å². The van der Waals surface area contributed by atoms with Crippen molar-refractivity contribution in [3.8, 4) is 17.7 Å². The van der Waals surface area contributed by atoms with Crippen LogP contribution in [0, 0.1) is 11.8 Å². The lowest BCUT2D eigenvalue weighted by Gasteiger charge is -2.19. The normalized spacial score (nSPS) is 10.3. The number of nitrogens with one attached hydrogen (secondary N) is 1. The molecule has 0 bridgehead atoms. The maximum Gasteiger partial charge on any atom is 0.300 e. The fraction of sp³-hybridized carbons (Fsp3) is 0.263. The van der Waals surface area contributed by atoms with Gasteiger partial charge < -0.3 is 10.2 Å². The molecule has 2 heterocycles. The summed E-state index contributed by atoms with van der Waals surface area (Å²) in [5.74, 6) is 6.30. The van der Waals surface area contributed by atoms with Gasteiger partial charge in [0.2, 0.25) is 0 Å². The summed E-state index contributed by atoms with van der Waals surface area (Å²) in [7, 11) is 0. The van der Waals surface area contributed by atoms with E-state index in [9.17, 15) is 4.79 Å². The molecular weight excluding hydrogens is 328 g/mol. The van der Waals surface area contributed by atoms with Crippen molar-refractivity contribution in [2.45, 2.75) is 20.8 Å². The molecule has 0 saturated heterocycles. The monoisotopic (exact) mass is 348 g/mol. The van der Waals surface area contributed by atoms with Crippen LogP contribution >= 0.6 is 0 Å². The zero-order valence-electron chi connectivity index (χ0n) is 15.0. The lowest BCUT2D eigenvalue weighted by Crippen LogP contribution is -2.23. The van der Waals surface area contributed by atoms with Crippen LogP contribution < -0.4 is 10.2 Å². The Balaban J connectivity index is 2.01. The van der Waals surface area contributed by atoms with Crippen LogP contribution in [0.25, 0.3) is 16.9 Å². The first kappa shape index (κ1) is 17.4. The minimum absolute atomic E-state index is 0.344. The molecule has 1 amide bonds. The highest BCUT2D eigenvalue weighted by atomic mass is 16.1. The van der Waals surface area contributed by atoms with Crippen LogP contribution in [0.4, 0.5) is 11.5 Å². The zero-order chi connectivity index (χ0) is 18.5. The summed E-state index contributed by atoms with van der Waals surface area (Å²) >= 11 is 0. The first-order valence-electron chi connectivity index (χ1n) is 8.44. The first-order chi connectivity index (χ1) is 12.7. The zero-order valence-corrected chi connectivity index (χ0v) is 15.0. The highest BCUT2D eigenvalue weighted by molar-refractivity contribution is 6.04. The number of carbonyl (C=O) groups is 1. The number of carbonyl (C=O) groups excluding carboxylic acids is 1. The average molecular weight is 348 g/mol. The summed E-state index contributed by atoms with van der Waals surface area (Å²) in [6, 6.07) is 7.45. The highest BCUT2D eigenvalue weighted by Crippen LogP contribution is 2.22. The molecule has 7 heteroatoms. The van der Waals surface area contributed by atoms with Crippen molar-refractivity contribution >= 4 is 28.4 Å². The number of imidazole rings is 1. The molecule has 0 aliphatic rings. The van der Waals surface area contributed by atoms with E-state index in [-0.39, 0.29) is 5.91 Å². The Bertz CT molecular complexity index is 994. The lowest BCUT2D eigenvalue weighted by atomic mass is 10.2. The maximum atomic E-state index is 11.7. The third kappa shape index (κ3) is 3.49. The summed E-state index contributed by atoms with van der Waals surface area (Å²) in [5.41, 5.74) is 2.31. The van der Waals surface area contributed by atoms with Crippen LogP contribution in [0.15, 0.2) is 36.9 Å². The van der Waals surface area contributed by atoms with E-state index in [1.54, 1.807) is 25.6 Å². The van der Waals surface area contributed by atoms with Gasteiger partial charge in [-0.2, -0.15) is 0 Å². The highest BCUT2D eigenvalue weighted by Gasteiger charge is 2.10. The molecule has 7 nitrogen and oxygen atoms in total. The summed E-state index contributed by atoms with van der Waals surface area (Å²) in [6.45, 7) is 7.54. The quantitative estimate of drug-likeness (QED) is 0.717. The van der Waals surface area contributed by atoms with Gasteiger partial charge in [0.1, 0.15) is 24.3 Å². The van der Waals surface area contributed by atoms with Crippen molar-refractivity contribution in [1.29, 1.82) is 0 Å². The summed E-state index contributed by atoms with van der Waals surface area (Å²) in [4.78, 5) is 27.0. The van der Waals surface area contributed by atoms with Gasteiger partial charge in [-0.1, -0.05) is 5.92 Å². The number of anilines is 2. The van der Waals surface area contributed by atoms with Crippen molar-refractivity contribution in [2.24, 2.45) is 0 Å². The molecule has 0 saturated carbocycles. The molecule has 1 aromatic carbocycles. The molecule has 0 unspecified atom stereocenters. The van der Waals surface area contributed by atoms with E-state index in [2.05, 4.69) is 50.9 Å². The molecule has 3 aromatic rings. The number of rotatable bonds is 5. The van der Waals surface area contributed by atoms with Crippen molar-refractivity contribution in [1.82, 2.24) is 19.5 Å². The van der Waals surface area contributed by atoms with E-state index in [4.69, 9.17) is 0 Å². The standard InChI is InChI=1S/C19H20N6O/c1-4-7-19(26)23-14-8-9-15-16(10-14)25(13-22-15)18-11-17(20-12-21-18)24(5-2)6-3/h8-13H,5-6H2,1-3H3,(H,23,26). The third-order valence-electron chi connectivity index (χ3n) is 4.02. The van der Waals surface area contributed by atoms with Gasteiger partial charge in [-0.15, -0.1) is 0 Å². The van der Waals surface area contributed by atoms with Crippen molar-refractivity contribution in [3.63, 3.8) is 0 Å². The molecule has 0 fully saturated rings. The fourth-order valence-corrected chi connectivity index (χ4v) is 2.73. The van der Waals surface area contributed by atoms with E-state index in [0.29, 0.717) is 5.69 Å². The van der Waals surface area contributed by atoms with Gasteiger partial charge in [0.25, 0.3) is 5.91 Å². The lowest BCUT2D eigenvalue weighted by molar-refractivity contribution is -0.111. The van der Waals surface area contributed by atoms with Crippen molar-refractivity contribution in [3.05, 3.63) is 36.9 Å². The van der Waals surface area contributed by atoms with Crippen LogP contribution in [-0.2, 0) is 4.79 Å². The van der Waals surface area contributed by atoms with Crippen LogP contribution in [0.2, 0.25) is 0 Å². The minimum Gasteiger partial charge on any atom is -0.357 e. The molecule has 0 aliphatic carbocycles. The van der Waals surface area contributed by atoms with E-state index in [0.717, 1.165) is 35.8 Å². The Hall–Kier alpha value is -3.40. The SMILES string of the molecule is CC#CC(=O)Nc1ccc2ncn(-c3cc(N(CC)CC)ncn3)c2c1. The number of benzene rings is 1. The Morgan fingerprint density at radius 1 is 1.19 bits per heavy atom. The van der Waals surface area contributed by atoms with Gasteiger partial charge in [0, 0.05) is 24.8 Å². The van der Waals surface area contributed by atoms with Crippen molar-refractivity contribution < 1.29 is 4.79 Å². The smallest absolute Gasteiger partial charge is 0.300 e. The number of nitrogens with zero attached hydrogens (tertiary/aromatic N) is 5. The Morgan fingerprint density at radius 3 is 2.73 bits per heavy atom. The average Bonchev–Trinajstić information content (AvgIpc) is 3.06. The molecule has 0 atom stereocenters. The first-order valence-corrected chi connectivity index (χ1v) is 8.44. The third-order valence-corrected chi connectivity index (χ3v) is 4.02. The molecule has 0 aliphatic heterocycles. The van der Waals surface area contributed by atoms with Gasteiger partial charge >= 0.3 is 0 Å². The van der Waals surface area contributed by atoms with Crippen molar-refractivity contribution in [2.75, 3.05) is 23.3 Å².